The van der Waals surface area contributed by atoms with Gasteiger partial charge in [0.1, 0.15) is 6.04 Å². The number of nitrogens with zero attached hydrogens (tertiary/aromatic N) is 1. The summed E-state index contributed by atoms with van der Waals surface area (Å²) in [5, 5.41) is 9.63. The highest BCUT2D eigenvalue weighted by atomic mass is 16.4. The average molecular weight is 293 g/mol. The second-order valence-electron chi connectivity index (χ2n) is 7.87. The lowest BCUT2D eigenvalue weighted by Crippen LogP contribution is -2.56. The predicted molar refractivity (Wildman–Crippen MR) is 84.2 cm³/mol. The standard InChI is InChI=1S/C18H31NO2/c1-13-6-8-14(9-7-13)12-19-16-5-3-2-4-15(16)10-11-17(19)18(20)21/h13-17H,2-12H2,1H3,(H,20,21). The zero-order valence-corrected chi connectivity index (χ0v) is 13.5. The second-order valence-corrected chi connectivity index (χ2v) is 7.87. The molecule has 0 aromatic carbocycles. The smallest absolute Gasteiger partial charge is 0.320 e. The van der Waals surface area contributed by atoms with Gasteiger partial charge in [0.25, 0.3) is 0 Å². The van der Waals surface area contributed by atoms with E-state index in [0.29, 0.717) is 6.04 Å². The van der Waals surface area contributed by atoms with Gasteiger partial charge in [-0.3, -0.25) is 9.69 Å². The number of hydrogen-bond donors (Lipinski definition) is 1. The second kappa shape index (κ2) is 6.68. The molecule has 3 heteroatoms. The van der Waals surface area contributed by atoms with Crippen LogP contribution in [0.1, 0.15) is 71.1 Å². The quantitative estimate of drug-likeness (QED) is 0.857. The number of carboxylic acid groups (broad SMARTS) is 1. The summed E-state index contributed by atoms with van der Waals surface area (Å²) in [6.07, 6.45) is 12.5. The highest BCUT2D eigenvalue weighted by molar-refractivity contribution is 5.73. The van der Waals surface area contributed by atoms with Gasteiger partial charge >= 0.3 is 5.97 Å². The fourth-order valence-electron chi connectivity index (χ4n) is 5.07. The van der Waals surface area contributed by atoms with Crippen molar-refractivity contribution >= 4 is 5.97 Å². The Labute approximate surface area is 129 Å². The van der Waals surface area contributed by atoms with Gasteiger partial charge in [0.2, 0.25) is 0 Å². The lowest BCUT2D eigenvalue weighted by atomic mass is 9.75. The Bertz CT molecular complexity index is 362. The van der Waals surface area contributed by atoms with E-state index in [1.807, 2.05) is 0 Å². The summed E-state index contributed by atoms with van der Waals surface area (Å²) in [6.45, 7) is 3.40. The van der Waals surface area contributed by atoms with Crippen molar-refractivity contribution < 1.29 is 9.90 Å². The van der Waals surface area contributed by atoms with E-state index in [4.69, 9.17) is 0 Å². The number of carbonyl (C=O) groups is 1. The summed E-state index contributed by atoms with van der Waals surface area (Å²) in [5.74, 6) is 1.81. The van der Waals surface area contributed by atoms with Crippen LogP contribution >= 0.6 is 0 Å². The third-order valence-corrected chi connectivity index (χ3v) is 6.40. The lowest BCUT2D eigenvalue weighted by molar-refractivity contribution is -0.148. The van der Waals surface area contributed by atoms with Gasteiger partial charge in [-0.15, -0.1) is 0 Å². The summed E-state index contributed by atoms with van der Waals surface area (Å²) < 4.78 is 0. The highest BCUT2D eigenvalue weighted by Crippen LogP contribution is 2.39. The molecule has 0 aromatic rings. The van der Waals surface area contributed by atoms with Crippen LogP contribution in [0.3, 0.4) is 0 Å². The van der Waals surface area contributed by atoms with Crippen molar-refractivity contribution in [3.8, 4) is 0 Å². The fraction of sp³-hybridized carbons (Fsp3) is 0.944. The van der Waals surface area contributed by atoms with Gasteiger partial charge in [-0.05, 0) is 56.3 Å². The van der Waals surface area contributed by atoms with Crippen molar-refractivity contribution in [2.45, 2.75) is 83.2 Å². The van der Waals surface area contributed by atoms with Crippen LogP contribution in [-0.4, -0.2) is 34.6 Å². The maximum atomic E-state index is 11.7. The molecule has 0 spiro atoms. The Balaban J connectivity index is 1.68. The number of carboxylic acids is 1. The summed E-state index contributed by atoms with van der Waals surface area (Å²) in [6, 6.07) is 0.358. The molecule has 1 heterocycles. The van der Waals surface area contributed by atoms with Gasteiger partial charge in [-0.2, -0.15) is 0 Å². The largest absolute Gasteiger partial charge is 0.480 e. The molecule has 3 atom stereocenters. The van der Waals surface area contributed by atoms with Crippen LogP contribution in [-0.2, 0) is 4.79 Å². The number of hydrogen-bond acceptors (Lipinski definition) is 2. The molecule has 3 nitrogen and oxygen atoms in total. The summed E-state index contributed by atoms with van der Waals surface area (Å²) >= 11 is 0. The van der Waals surface area contributed by atoms with Gasteiger partial charge in [0.05, 0.1) is 0 Å². The minimum atomic E-state index is -0.580. The first-order valence-electron chi connectivity index (χ1n) is 9.13. The van der Waals surface area contributed by atoms with Crippen molar-refractivity contribution in [1.29, 1.82) is 0 Å². The minimum absolute atomic E-state index is 0.205. The summed E-state index contributed by atoms with van der Waals surface area (Å²) in [7, 11) is 0. The first kappa shape index (κ1) is 15.3. The van der Waals surface area contributed by atoms with Crippen molar-refractivity contribution in [3.63, 3.8) is 0 Å². The molecule has 2 saturated carbocycles. The van der Waals surface area contributed by atoms with Gasteiger partial charge in [-0.1, -0.05) is 32.6 Å². The molecular weight excluding hydrogens is 262 g/mol. The molecule has 0 bridgehead atoms. The van der Waals surface area contributed by atoms with E-state index >= 15 is 0 Å². The molecule has 1 aliphatic heterocycles. The Morgan fingerprint density at radius 1 is 1.00 bits per heavy atom. The molecule has 1 saturated heterocycles. The normalized spacial score (nSPS) is 41.5. The molecule has 0 amide bonds. The van der Waals surface area contributed by atoms with E-state index in [9.17, 15) is 9.90 Å². The molecule has 0 radical (unpaired) electrons. The van der Waals surface area contributed by atoms with E-state index < -0.39 is 5.97 Å². The molecule has 120 valence electrons. The average Bonchev–Trinajstić information content (AvgIpc) is 2.49. The van der Waals surface area contributed by atoms with E-state index in [0.717, 1.165) is 37.1 Å². The third kappa shape index (κ3) is 3.44. The Morgan fingerprint density at radius 2 is 1.71 bits per heavy atom. The van der Waals surface area contributed by atoms with Crippen molar-refractivity contribution in [3.05, 3.63) is 0 Å². The Hall–Kier alpha value is -0.570. The monoisotopic (exact) mass is 293 g/mol. The number of piperidine rings is 1. The molecular formula is C18H31NO2. The highest BCUT2D eigenvalue weighted by Gasteiger charge is 2.42. The summed E-state index contributed by atoms with van der Waals surface area (Å²) in [5.41, 5.74) is 0. The van der Waals surface area contributed by atoms with Gasteiger partial charge in [0, 0.05) is 12.6 Å². The van der Waals surface area contributed by atoms with Crippen LogP contribution in [0.15, 0.2) is 0 Å². The lowest BCUT2D eigenvalue weighted by Gasteiger charge is -2.48. The van der Waals surface area contributed by atoms with Crippen molar-refractivity contribution in [1.82, 2.24) is 4.90 Å². The topological polar surface area (TPSA) is 40.5 Å². The minimum Gasteiger partial charge on any atom is -0.480 e. The van der Waals surface area contributed by atoms with Gasteiger partial charge in [0.15, 0.2) is 0 Å². The SMILES string of the molecule is CC1CCC(CN2C(C(=O)O)CCC3CCCCC32)CC1. The van der Waals surface area contributed by atoms with Crippen LogP contribution in [0, 0.1) is 17.8 Å². The molecule has 2 aliphatic carbocycles. The molecule has 0 aromatic heterocycles. The first-order chi connectivity index (χ1) is 10.1. The number of fused-ring (bicyclic) bond motifs is 1. The van der Waals surface area contributed by atoms with E-state index in [1.165, 1.54) is 51.4 Å². The molecule has 1 N–H and O–H groups in total. The number of aliphatic carboxylic acids is 1. The van der Waals surface area contributed by atoms with Gasteiger partial charge < -0.3 is 5.11 Å². The first-order valence-corrected chi connectivity index (χ1v) is 9.13. The van der Waals surface area contributed by atoms with Crippen LogP contribution < -0.4 is 0 Å². The van der Waals surface area contributed by atoms with Crippen LogP contribution in [0.5, 0.6) is 0 Å². The zero-order chi connectivity index (χ0) is 14.8. The fourth-order valence-corrected chi connectivity index (χ4v) is 5.07. The number of likely N-dealkylation sites (tertiary alicyclic amines) is 1. The number of rotatable bonds is 3. The molecule has 3 rings (SSSR count). The van der Waals surface area contributed by atoms with Crippen molar-refractivity contribution in [2.24, 2.45) is 17.8 Å². The molecule has 3 aliphatic rings. The molecule has 3 unspecified atom stereocenters. The maximum absolute atomic E-state index is 11.7. The third-order valence-electron chi connectivity index (χ3n) is 6.40. The maximum Gasteiger partial charge on any atom is 0.320 e. The molecule has 21 heavy (non-hydrogen) atoms. The summed E-state index contributed by atoms with van der Waals surface area (Å²) in [4.78, 5) is 14.1. The van der Waals surface area contributed by atoms with E-state index in [-0.39, 0.29) is 6.04 Å². The van der Waals surface area contributed by atoms with E-state index in [2.05, 4.69) is 11.8 Å². The molecule has 3 fully saturated rings. The van der Waals surface area contributed by atoms with Crippen LogP contribution in [0.25, 0.3) is 0 Å². The van der Waals surface area contributed by atoms with Crippen LogP contribution in [0.4, 0.5) is 0 Å². The van der Waals surface area contributed by atoms with Gasteiger partial charge in [-0.25, -0.2) is 0 Å². The Morgan fingerprint density at radius 3 is 2.43 bits per heavy atom. The van der Waals surface area contributed by atoms with Crippen molar-refractivity contribution in [2.75, 3.05) is 6.54 Å². The zero-order valence-electron chi connectivity index (χ0n) is 13.5. The predicted octanol–water partition coefficient (Wildman–Crippen LogP) is 3.92. The Kier molecular flexibility index (Phi) is 4.88. The van der Waals surface area contributed by atoms with E-state index in [1.54, 1.807) is 0 Å². The van der Waals surface area contributed by atoms with Crippen LogP contribution in [0.2, 0.25) is 0 Å².